The van der Waals surface area contributed by atoms with Crippen molar-refractivity contribution in [2.45, 2.75) is 71.8 Å². The second-order valence-corrected chi connectivity index (χ2v) is 10.6. The van der Waals surface area contributed by atoms with Crippen molar-refractivity contribution in [3.8, 4) is 0 Å². The zero-order chi connectivity index (χ0) is 19.6. The molecule has 0 aromatic rings. The van der Waals surface area contributed by atoms with Crippen molar-refractivity contribution in [3.63, 3.8) is 0 Å². The third-order valence-corrected chi connectivity index (χ3v) is 8.79. The van der Waals surface area contributed by atoms with Gasteiger partial charge in [0.05, 0.1) is 6.10 Å². The third kappa shape index (κ3) is 3.04. The highest BCUT2D eigenvalue weighted by Gasteiger charge is 2.57. The molecule has 0 heterocycles. The minimum atomic E-state index is -4.40. The summed E-state index contributed by atoms with van der Waals surface area (Å²) in [5, 5.41) is 0. The van der Waals surface area contributed by atoms with Crippen LogP contribution in [0, 0.1) is 28.6 Å². The van der Waals surface area contributed by atoms with Gasteiger partial charge < -0.3 is 0 Å². The molecule has 0 spiro atoms. The van der Waals surface area contributed by atoms with Gasteiger partial charge in [-0.1, -0.05) is 31.6 Å². The molecule has 6 atom stereocenters. The lowest BCUT2D eigenvalue weighted by Crippen LogP contribution is -2.50. The summed E-state index contributed by atoms with van der Waals surface area (Å²) in [4.78, 5) is 12.1. The van der Waals surface area contributed by atoms with E-state index in [0.29, 0.717) is 30.6 Å². The first-order chi connectivity index (χ1) is 12.5. The molecule has 1 N–H and O–H groups in total. The molecule has 150 valence electrons. The van der Waals surface area contributed by atoms with Crippen LogP contribution in [0.2, 0.25) is 0 Å². The van der Waals surface area contributed by atoms with Crippen LogP contribution in [0.3, 0.4) is 0 Å². The monoisotopic (exact) mass is 394 g/mol. The molecule has 0 amide bonds. The standard InChI is InChI=1S/C21H30O5S/c1-13(22)17-6-7-18-16-5-4-14-12-15(26-27(23,24)25)8-10-20(14,2)19(16)9-11-21(17,18)3/h4,6,15-16,18-19H,5,7-12H2,1-3H3,(H,23,24,25)/t15-,16-,18-,19-,20-,21+/m0/s1. The molecule has 0 aromatic heterocycles. The Balaban J connectivity index is 1.59. The van der Waals surface area contributed by atoms with E-state index in [1.807, 2.05) is 0 Å². The van der Waals surface area contributed by atoms with E-state index >= 15 is 0 Å². The molecule has 2 saturated carbocycles. The van der Waals surface area contributed by atoms with Gasteiger partial charge in [0.2, 0.25) is 0 Å². The molecule has 2 fully saturated rings. The van der Waals surface area contributed by atoms with E-state index in [-0.39, 0.29) is 16.6 Å². The number of hydrogen-bond acceptors (Lipinski definition) is 4. The van der Waals surface area contributed by atoms with Crippen molar-refractivity contribution in [3.05, 3.63) is 23.3 Å². The Morgan fingerprint density at radius 3 is 2.48 bits per heavy atom. The number of carbonyl (C=O) groups excluding carboxylic acids is 1. The first-order valence-electron chi connectivity index (χ1n) is 10.1. The average molecular weight is 395 g/mol. The van der Waals surface area contributed by atoms with Gasteiger partial charge in [0.25, 0.3) is 0 Å². The molecule has 27 heavy (non-hydrogen) atoms. The summed E-state index contributed by atoms with van der Waals surface area (Å²) in [7, 11) is -4.40. The highest BCUT2D eigenvalue weighted by atomic mass is 32.3. The number of fused-ring (bicyclic) bond motifs is 5. The Labute approximate surface area is 162 Å². The highest BCUT2D eigenvalue weighted by Crippen LogP contribution is 2.65. The van der Waals surface area contributed by atoms with Crippen LogP contribution in [-0.4, -0.2) is 24.9 Å². The molecular formula is C21H30O5S. The third-order valence-electron chi connectivity index (χ3n) is 8.28. The maximum absolute atomic E-state index is 12.1. The average Bonchev–Trinajstić information content (AvgIpc) is 2.91. The Morgan fingerprint density at radius 1 is 1.11 bits per heavy atom. The predicted octanol–water partition coefficient (Wildman–Crippen LogP) is 4.26. The summed E-state index contributed by atoms with van der Waals surface area (Å²) >= 11 is 0. The van der Waals surface area contributed by atoms with E-state index in [1.165, 1.54) is 5.57 Å². The van der Waals surface area contributed by atoms with Crippen molar-refractivity contribution in [1.82, 2.24) is 0 Å². The van der Waals surface area contributed by atoms with Crippen LogP contribution >= 0.6 is 0 Å². The normalized spacial score (nSPS) is 43.9. The second-order valence-electron chi connectivity index (χ2n) is 9.51. The SMILES string of the molecule is CC(=O)C1=CC[C@H]2[C@@H]3CC=C4C[C@@H](OS(=O)(=O)O)CC[C@]4(C)[C@H]3CC[C@]12C. The summed E-state index contributed by atoms with van der Waals surface area (Å²) in [6.45, 7) is 6.31. The first kappa shape index (κ1) is 19.3. The number of carbonyl (C=O) groups is 1. The quantitative estimate of drug-likeness (QED) is 0.571. The fraction of sp³-hybridized carbons (Fsp3) is 0.762. The Bertz CT molecular complexity index is 826. The molecule has 4 rings (SSSR count). The van der Waals surface area contributed by atoms with Crippen molar-refractivity contribution in [1.29, 1.82) is 0 Å². The smallest absolute Gasteiger partial charge is 0.295 e. The predicted molar refractivity (Wildman–Crippen MR) is 102 cm³/mol. The Morgan fingerprint density at radius 2 is 1.81 bits per heavy atom. The maximum Gasteiger partial charge on any atom is 0.397 e. The van der Waals surface area contributed by atoms with Gasteiger partial charge in [-0.2, -0.15) is 8.42 Å². The number of allylic oxidation sites excluding steroid dienone is 3. The van der Waals surface area contributed by atoms with Gasteiger partial charge in [0, 0.05) is 0 Å². The highest BCUT2D eigenvalue weighted by molar-refractivity contribution is 7.80. The van der Waals surface area contributed by atoms with E-state index in [2.05, 4.69) is 26.0 Å². The summed E-state index contributed by atoms with van der Waals surface area (Å²) < 4.78 is 36.1. The second kappa shape index (κ2) is 6.26. The van der Waals surface area contributed by atoms with Gasteiger partial charge in [-0.3, -0.25) is 9.35 Å². The molecule has 6 heteroatoms. The molecule has 0 aromatic carbocycles. The van der Waals surface area contributed by atoms with Crippen LogP contribution in [0.15, 0.2) is 23.3 Å². The Hall–Kier alpha value is -0.980. The largest absolute Gasteiger partial charge is 0.397 e. The van der Waals surface area contributed by atoms with E-state index in [0.717, 1.165) is 37.7 Å². The Kier molecular flexibility index (Phi) is 4.48. The molecular weight excluding hydrogens is 364 g/mol. The maximum atomic E-state index is 12.1. The summed E-state index contributed by atoms with van der Waals surface area (Å²) in [6, 6.07) is 0. The van der Waals surface area contributed by atoms with Gasteiger partial charge in [-0.05, 0) is 86.0 Å². The van der Waals surface area contributed by atoms with Crippen LogP contribution in [0.4, 0.5) is 0 Å². The van der Waals surface area contributed by atoms with Crippen LogP contribution in [0.25, 0.3) is 0 Å². The number of ketones is 1. The van der Waals surface area contributed by atoms with Gasteiger partial charge in [0.1, 0.15) is 0 Å². The summed E-state index contributed by atoms with van der Waals surface area (Å²) in [5.41, 5.74) is 2.42. The fourth-order valence-electron chi connectivity index (χ4n) is 6.99. The van der Waals surface area contributed by atoms with E-state index in [9.17, 15) is 13.2 Å². The van der Waals surface area contributed by atoms with Gasteiger partial charge >= 0.3 is 10.4 Å². The van der Waals surface area contributed by atoms with E-state index in [4.69, 9.17) is 8.74 Å². The van der Waals surface area contributed by atoms with Crippen LogP contribution < -0.4 is 0 Å². The lowest BCUT2D eigenvalue weighted by Gasteiger charge is -2.57. The first-order valence-corrected chi connectivity index (χ1v) is 11.5. The van der Waals surface area contributed by atoms with Gasteiger partial charge in [-0.15, -0.1) is 0 Å². The van der Waals surface area contributed by atoms with Crippen LogP contribution in [0.5, 0.6) is 0 Å². The summed E-state index contributed by atoms with van der Waals surface area (Å²) in [6.07, 6.45) is 10.3. The van der Waals surface area contributed by atoms with Crippen molar-refractivity contribution < 1.29 is 21.9 Å². The minimum Gasteiger partial charge on any atom is -0.295 e. The molecule has 0 aliphatic heterocycles. The van der Waals surface area contributed by atoms with Gasteiger partial charge in [0.15, 0.2) is 5.78 Å². The van der Waals surface area contributed by atoms with Crippen molar-refractivity contribution in [2.24, 2.45) is 28.6 Å². The molecule has 5 nitrogen and oxygen atoms in total. The zero-order valence-corrected chi connectivity index (χ0v) is 17.2. The minimum absolute atomic E-state index is 0.0139. The molecule has 0 unspecified atom stereocenters. The molecule has 0 bridgehead atoms. The van der Waals surface area contributed by atoms with Gasteiger partial charge in [-0.25, -0.2) is 4.18 Å². The van der Waals surface area contributed by atoms with Crippen molar-refractivity contribution in [2.75, 3.05) is 0 Å². The zero-order valence-electron chi connectivity index (χ0n) is 16.4. The molecule has 0 radical (unpaired) electrons. The number of hydrogen-bond donors (Lipinski definition) is 1. The topological polar surface area (TPSA) is 80.7 Å². The molecule has 0 saturated heterocycles. The fourth-order valence-corrected chi connectivity index (χ4v) is 7.50. The lowest BCUT2D eigenvalue weighted by atomic mass is 9.47. The van der Waals surface area contributed by atoms with E-state index < -0.39 is 16.5 Å². The number of Topliss-reactive ketones (excluding diaryl/α,β-unsaturated/α-hetero) is 1. The number of rotatable bonds is 3. The van der Waals surface area contributed by atoms with Crippen LogP contribution in [-0.2, 0) is 19.4 Å². The summed E-state index contributed by atoms with van der Waals surface area (Å²) in [5.74, 6) is 1.89. The van der Waals surface area contributed by atoms with Crippen LogP contribution in [0.1, 0.15) is 65.7 Å². The lowest BCUT2D eigenvalue weighted by molar-refractivity contribution is -0.115. The van der Waals surface area contributed by atoms with E-state index in [1.54, 1.807) is 6.92 Å². The molecule has 4 aliphatic rings. The van der Waals surface area contributed by atoms with Crippen molar-refractivity contribution >= 4 is 16.2 Å². The molecule has 4 aliphatic carbocycles.